The molecule has 1 N–H and O–H groups in total. The highest BCUT2D eigenvalue weighted by Crippen LogP contribution is 2.31. The van der Waals surface area contributed by atoms with Gasteiger partial charge < -0.3 is 5.32 Å². The summed E-state index contributed by atoms with van der Waals surface area (Å²) in [4.78, 5) is 26.2. The topological polar surface area (TPSA) is 68.4 Å². The van der Waals surface area contributed by atoms with Crippen LogP contribution < -0.4 is 10.9 Å². The molecule has 1 amide bonds. The third-order valence-electron chi connectivity index (χ3n) is 5.40. The minimum Gasteiger partial charge on any atom is -0.324 e. The number of hydrogen-bond acceptors (Lipinski definition) is 3. The number of benzene rings is 2. The maximum atomic E-state index is 13.2. The fourth-order valence-corrected chi connectivity index (χ4v) is 3.88. The summed E-state index contributed by atoms with van der Waals surface area (Å²) in [5, 5.41) is 7.73. The summed E-state index contributed by atoms with van der Waals surface area (Å²) in [6.45, 7) is 5.40. The molecule has 0 saturated heterocycles. The van der Waals surface area contributed by atoms with Gasteiger partial charge in [-0.15, -0.1) is 0 Å². The molecule has 1 unspecified atom stereocenters. The number of anilines is 1. The molecule has 166 valence electrons. The number of hydrogen-bond donors (Lipinski definition) is 1. The number of amides is 1. The van der Waals surface area contributed by atoms with Crippen LogP contribution in [0, 0.1) is 13.8 Å². The Balaban J connectivity index is 1.75. The maximum absolute atomic E-state index is 13.2. The fraction of sp³-hybridized carbons (Fsp3) is 0.261. The van der Waals surface area contributed by atoms with Gasteiger partial charge in [-0.25, -0.2) is 4.68 Å². The van der Waals surface area contributed by atoms with Crippen molar-refractivity contribution in [2.45, 2.75) is 39.4 Å². The molecule has 2 heterocycles. The van der Waals surface area contributed by atoms with Crippen molar-refractivity contribution >= 4 is 28.0 Å². The Hall–Kier alpha value is -3.62. The first-order valence-corrected chi connectivity index (χ1v) is 10.1. The second-order valence-electron chi connectivity index (χ2n) is 7.72. The van der Waals surface area contributed by atoms with Gasteiger partial charge in [0.15, 0.2) is 0 Å². The lowest BCUT2D eigenvalue weighted by Crippen LogP contribution is -2.36. The van der Waals surface area contributed by atoms with E-state index in [-0.39, 0.29) is 12.1 Å². The molecule has 6 nitrogen and oxygen atoms in total. The average Bonchev–Trinajstić information content (AvgIpc) is 3.11. The number of halogens is 3. The molecule has 9 heteroatoms. The van der Waals surface area contributed by atoms with E-state index in [1.807, 2.05) is 25.1 Å². The van der Waals surface area contributed by atoms with E-state index < -0.39 is 29.2 Å². The summed E-state index contributed by atoms with van der Waals surface area (Å²) in [6.07, 6.45) is -4.30. The van der Waals surface area contributed by atoms with Crippen LogP contribution >= 0.6 is 0 Å². The predicted octanol–water partition coefficient (Wildman–Crippen LogP) is 4.87. The third kappa shape index (κ3) is 3.74. The number of fused-ring (bicyclic) bond motifs is 3. The van der Waals surface area contributed by atoms with Crippen molar-refractivity contribution in [1.82, 2.24) is 14.2 Å². The Labute approximate surface area is 181 Å². The lowest BCUT2D eigenvalue weighted by Gasteiger charge is -2.18. The minimum absolute atomic E-state index is 0.00183. The molecular formula is C23H21F3N4O2. The molecular weight excluding hydrogens is 421 g/mol. The van der Waals surface area contributed by atoms with Crippen molar-refractivity contribution in [2.75, 3.05) is 5.32 Å². The lowest BCUT2D eigenvalue weighted by molar-refractivity contribution is -0.137. The monoisotopic (exact) mass is 442 g/mol. The summed E-state index contributed by atoms with van der Waals surface area (Å²) in [6, 6.07) is 11.0. The van der Waals surface area contributed by atoms with Crippen LogP contribution in [-0.4, -0.2) is 20.1 Å². The van der Waals surface area contributed by atoms with Gasteiger partial charge in [0.25, 0.3) is 5.56 Å². The van der Waals surface area contributed by atoms with Crippen LogP contribution in [0.15, 0.2) is 53.3 Å². The molecule has 4 aromatic rings. The molecule has 2 aromatic carbocycles. The zero-order valence-electron chi connectivity index (χ0n) is 17.7. The van der Waals surface area contributed by atoms with Crippen LogP contribution in [-0.2, 0) is 11.0 Å². The number of carbonyl (C=O) groups is 1. The second-order valence-corrected chi connectivity index (χ2v) is 7.72. The molecule has 0 bridgehead atoms. The number of rotatable bonds is 4. The predicted molar refractivity (Wildman–Crippen MR) is 116 cm³/mol. The molecule has 0 aliphatic rings. The SMILES string of the molecule is CCC(C(=O)Nc1cccc(C(F)(F)F)c1)n1nc(C)n2c(cc3cc(C)ccc32)c1=O. The number of nitrogens with one attached hydrogen (secondary N) is 1. The molecule has 1 atom stereocenters. The van der Waals surface area contributed by atoms with Gasteiger partial charge >= 0.3 is 6.18 Å². The summed E-state index contributed by atoms with van der Waals surface area (Å²) in [7, 11) is 0. The van der Waals surface area contributed by atoms with Gasteiger partial charge in [0.1, 0.15) is 17.4 Å². The van der Waals surface area contributed by atoms with E-state index in [4.69, 9.17) is 0 Å². The Morgan fingerprint density at radius 3 is 2.53 bits per heavy atom. The molecule has 0 spiro atoms. The molecule has 4 rings (SSSR count). The largest absolute Gasteiger partial charge is 0.416 e. The van der Waals surface area contributed by atoms with Crippen molar-refractivity contribution in [2.24, 2.45) is 0 Å². The van der Waals surface area contributed by atoms with E-state index in [0.717, 1.165) is 33.3 Å². The number of aromatic nitrogens is 3. The van der Waals surface area contributed by atoms with Crippen LogP contribution in [0.25, 0.3) is 16.4 Å². The van der Waals surface area contributed by atoms with Gasteiger partial charge in [-0.3, -0.25) is 14.0 Å². The molecule has 0 aliphatic carbocycles. The van der Waals surface area contributed by atoms with Crippen molar-refractivity contribution in [3.05, 3.63) is 75.8 Å². The molecule has 2 aromatic heterocycles. The third-order valence-corrected chi connectivity index (χ3v) is 5.40. The zero-order valence-corrected chi connectivity index (χ0v) is 17.7. The van der Waals surface area contributed by atoms with Crippen LogP contribution in [0.2, 0.25) is 0 Å². The minimum atomic E-state index is -4.53. The highest BCUT2D eigenvalue weighted by molar-refractivity contribution is 5.94. The zero-order chi connectivity index (χ0) is 23.2. The number of carbonyl (C=O) groups excluding carboxylic acids is 1. The smallest absolute Gasteiger partial charge is 0.324 e. The van der Waals surface area contributed by atoms with Crippen LogP contribution in [0.1, 0.15) is 36.3 Å². The second kappa shape index (κ2) is 7.81. The Bertz CT molecular complexity index is 1400. The van der Waals surface area contributed by atoms with Gasteiger partial charge in [0.2, 0.25) is 5.91 Å². The number of alkyl halides is 3. The molecule has 0 aliphatic heterocycles. The Morgan fingerprint density at radius 1 is 1.09 bits per heavy atom. The highest BCUT2D eigenvalue weighted by atomic mass is 19.4. The first kappa shape index (κ1) is 21.6. The van der Waals surface area contributed by atoms with E-state index in [0.29, 0.717) is 11.3 Å². The highest BCUT2D eigenvalue weighted by Gasteiger charge is 2.31. The van der Waals surface area contributed by atoms with Crippen LogP contribution in [0.3, 0.4) is 0 Å². The Morgan fingerprint density at radius 2 is 1.84 bits per heavy atom. The summed E-state index contributed by atoms with van der Waals surface area (Å²) in [5.74, 6) is -0.0964. The first-order valence-electron chi connectivity index (χ1n) is 10.1. The number of nitrogens with zero attached hydrogens (tertiary/aromatic N) is 3. The van der Waals surface area contributed by atoms with Gasteiger partial charge in [-0.1, -0.05) is 24.6 Å². The van der Waals surface area contributed by atoms with Crippen molar-refractivity contribution in [3.8, 4) is 0 Å². The van der Waals surface area contributed by atoms with Gasteiger partial charge in [-0.2, -0.15) is 18.3 Å². The van der Waals surface area contributed by atoms with E-state index in [9.17, 15) is 22.8 Å². The molecule has 0 saturated carbocycles. The fourth-order valence-electron chi connectivity index (χ4n) is 3.88. The molecule has 32 heavy (non-hydrogen) atoms. The normalized spacial score (nSPS) is 12.9. The van der Waals surface area contributed by atoms with Gasteiger partial charge in [0.05, 0.1) is 11.1 Å². The van der Waals surface area contributed by atoms with E-state index >= 15 is 0 Å². The van der Waals surface area contributed by atoms with Gasteiger partial charge in [0, 0.05) is 11.1 Å². The molecule has 0 radical (unpaired) electrons. The van der Waals surface area contributed by atoms with Crippen molar-refractivity contribution in [3.63, 3.8) is 0 Å². The van der Waals surface area contributed by atoms with E-state index in [1.165, 1.54) is 12.1 Å². The van der Waals surface area contributed by atoms with Gasteiger partial charge in [-0.05, 0) is 56.7 Å². The van der Waals surface area contributed by atoms with Crippen molar-refractivity contribution < 1.29 is 18.0 Å². The lowest BCUT2D eigenvalue weighted by atomic mass is 10.1. The van der Waals surface area contributed by atoms with E-state index in [2.05, 4.69) is 10.4 Å². The van der Waals surface area contributed by atoms with Crippen LogP contribution in [0.5, 0.6) is 0 Å². The average molecular weight is 442 g/mol. The van der Waals surface area contributed by atoms with Crippen molar-refractivity contribution in [1.29, 1.82) is 0 Å². The standard InChI is InChI=1S/C23H21F3N4O2/c1-4-18(21(31)27-17-7-5-6-16(12-17)23(24,25)26)30-22(32)20-11-15-10-13(2)8-9-19(15)29(20)14(3)28-30/h5-12,18H,4H2,1-3H3,(H,27,31). The summed E-state index contributed by atoms with van der Waals surface area (Å²) < 4.78 is 41.8. The van der Waals surface area contributed by atoms with Crippen LogP contribution in [0.4, 0.5) is 18.9 Å². The first-order chi connectivity index (χ1) is 15.1. The quantitative estimate of drug-likeness (QED) is 0.490. The molecule has 0 fully saturated rings. The Kier molecular flexibility index (Phi) is 5.28. The van der Waals surface area contributed by atoms with E-state index in [1.54, 1.807) is 24.3 Å². The summed E-state index contributed by atoms with van der Waals surface area (Å²) >= 11 is 0. The maximum Gasteiger partial charge on any atom is 0.416 e. The number of aryl methyl sites for hydroxylation is 2. The summed E-state index contributed by atoms with van der Waals surface area (Å²) in [5.41, 5.74) is 0.940.